The highest BCUT2D eigenvalue weighted by Gasteiger charge is 2.14. The highest BCUT2D eigenvalue weighted by molar-refractivity contribution is 5.98. The smallest absolute Gasteiger partial charge is 0.0950 e. The molecule has 41 heavy (non-hydrogen) atoms. The molecule has 0 saturated heterocycles. The van der Waals surface area contributed by atoms with E-state index in [2.05, 4.69) is 162 Å². The molecule has 0 fully saturated rings. The maximum absolute atomic E-state index is 5.16. The van der Waals surface area contributed by atoms with E-state index < -0.39 is 0 Å². The summed E-state index contributed by atoms with van der Waals surface area (Å²) >= 11 is 0. The Morgan fingerprint density at radius 3 is 1.46 bits per heavy atom. The molecule has 6 aromatic carbocycles. The summed E-state index contributed by atoms with van der Waals surface area (Å²) in [4.78, 5) is 5.16. The van der Waals surface area contributed by atoms with Crippen molar-refractivity contribution < 1.29 is 0 Å². The fourth-order valence-electron chi connectivity index (χ4n) is 5.94. The molecule has 0 radical (unpaired) electrons. The Bertz CT molecular complexity index is 2120. The Balaban J connectivity index is 1.28. The van der Waals surface area contributed by atoms with Crippen molar-refractivity contribution in [2.45, 2.75) is 0 Å². The molecule has 0 amide bonds. The number of hydrogen-bond donors (Lipinski definition) is 0. The van der Waals surface area contributed by atoms with E-state index in [-0.39, 0.29) is 0 Å². The van der Waals surface area contributed by atoms with Crippen LogP contribution in [0.5, 0.6) is 0 Å². The predicted molar refractivity (Wildman–Crippen MR) is 172 cm³/mol. The van der Waals surface area contributed by atoms with Crippen LogP contribution in [0.25, 0.3) is 72.1 Å². The Hall–Kier alpha value is -5.47. The second-order valence-electron chi connectivity index (χ2n) is 10.5. The number of nitrogens with zero attached hydrogens (tertiary/aromatic N) is 2. The van der Waals surface area contributed by atoms with E-state index in [1.807, 2.05) is 0 Å². The molecule has 2 heteroatoms. The zero-order chi connectivity index (χ0) is 27.2. The van der Waals surface area contributed by atoms with Crippen LogP contribution in [-0.4, -0.2) is 9.38 Å². The van der Waals surface area contributed by atoms with E-state index >= 15 is 0 Å². The van der Waals surface area contributed by atoms with Crippen molar-refractivity contribution in [1.29, 1.82) is 0 Å². The molecule has 0 bridgehead atoms. The average molecular weight is 523 g/mol. The van der Waals surface area contributed by atoms with Gasteiger partial charge in [0, 0.05) is 10.9 Å². The SMILES string of the molecule is c1ccc(-c2cc(-c3ccccc3)cc(-c3ccc(-c4nc5ccccc5n5c4cc4ccccc45)cc3)c2)cc1. The van der Waals surface area contributed by atoms with Crippen molar-refractivity contribution in [3.8, 4) is 44.6 Å². The van der Waals surface area contributed by atoms with E-state index in [4.69, 9.17) is 4.98 Å². The minimum Gasteiger partial charge on any atom is -0.306 e. The minimum atomic E-state index is 0.989. The molecule has 192 valence electrons. The summed E-state index contributed by atoms with van der Waals surface area (Å²) < 4.78 is 2.34. The van der Waals surface area contributed by atoms with Crippen molar-refractivity contribution in [3.63, 3.8) is 0 Å². The van der Waals surface area contributed by atoms with Crippen LogP contribution < -0.4 is 0 Å². The zero-order valence-corrected chi connectivity index (χ0v) is 22.4. The summed E-state index contributed by atoms with van der Waals surface area (Å²) in [5.74, 6) is 0. The third kappa shape index (κ3) is 4.09. The molecule has 0 spiro atoms. The first-order valence-electron chi connectivity index (χ1n) is 14.0. The summed E-state index contributed by atoms with van der Waals surface area (Å²) in [5.41, 5.74) is 13.8. The van der Waals surface area contributed by atoms with Crippen LogP contribution in [0.3, 0.4) is 0 Å². The normalized spacial score (nSPS) is 11.4. The topological polar surface area (TPSA) is 17.3 Å². The van der Waals surface area contributed by atoms with Gasteiger partial charge in [0.2, 0.25) is 0 Å². The summed E-state index contributed by atoms with van der Waals surface area (Å²) in [6.45, 7) is 0. The quantitative estimate of drug-likeness (QED) is 0.225. The van der Waals surface area contributed by atoms with Crippen molar-refractivity contribution in [2.75, 3.05) is 0 Å². The molecule has 0 atom stereocenters. The summed E-state index contributed by atoms with van der Waals surface area (Å²) in [5, 5.41) is 1.22. The Labute approximate surface area is 238 Å². The van der Waals surface area contributed by atoms with Gasteiger partial charge >= 0.3 is 0 Å². The third-order valence-electron chi connectivity index (χ3n) is 7.95. The van der Waals surface area contributed by atoms with Crippen molar-refractivity contribution in [2.24, 2.45) is 0 Å². The molecule has 0 aliphatic carbocycles. The highest BCUT2D eigenvalue weighted by atomic mass is 14.9. The summed E-state index contributed by atoms with van der Waals surface area (Å²) in [6, 6.07) is 56.2. The molecule has 0 aliphatic rings. The second kappa shape index (κ2) is 9.62. The van der Waals surface area contributed by atoms with E-state index in [0.29, 0.717) is 0 Å². The molecule has 0 N–H and O–H groups in total. The van der Waals surface area contributed by atoms with Crippen LogP contribution in [0.2, 0.25) is 0 Å². The lowest BCUT2D eigenvalue weighted by Gasteiger charge is -2.13. The first kappa shape index (κ1) is 23.4. The maximum atomic E-state index is 5.16. The molecule has 0 unspecified atom stereocenters. The van der Waals surface area contributed by atoms with Gasteiger partial charge in [-0.15, -0.1) is 0 Å². The number of aromatic nitrogens is 2. The van der Waals surface area contributed by atoms with Crippen LogP contribution in [0.15, 0.2) is 158 Å². The number of hydrogen-bond acceptors (Lipinski definition) is 1. The number of benzene rings is 6. The molecule has 2 nitrogen and oxygen atoms in total. The maximum Gasteiger partial charge on any atom is 0.0950 e. The third-order valence-corrected chi connectivity index (χ3v) is 7.95. The molecule has 0 aliphatic heterocycles. The Kier molecular flexibility index (Phi) is 5.49. The van der Waals surface area contributed by atoms with Gasteiger partial charge in [-0.1, -0.05) is 115 Å². The molecule has 8 aromatic rings. The van der Waals surface area contributed by atoms with Gasteiger partial charge in [-0.2, -0.15) is 0 Å². The molecule has 0 saturated carbocycles. The van der Waals surface area contributed by atoms with Gasteiger partial charge in [-0.25, -0.2) is 4.98 Å². The highest BCUT2D eigenvalue weighted by Crippen LogP contribution is 2.36. The van der Waals surface area contributed by atoms with Crippen LogP contribution >= 0.6 is 0 Å². The van der Waals surface area contributed by atoms with E-state index in [9.17, 15) is 0 Å². The summed E-state index contributed by atoms with van der Waals surface area (Å²) in [6.07, 6.45) is 0. The lowest BCUT2D eigenvalue weighted by molar-refractivity contribution is 1.27. The summed E-state index contributed by atoms with van der Waals surface area (Å²) in [7, 11) is 0. The molecule has 2 aromatic heterocycles. The van der Waals surface area contributed by atoms with Crippen molar-refractivity contribution >= 4 is 27.5 Å². The molecular weight excluding hydrogens is 496 g/mol. The first-order valence-corrected chi connectivity index (χ1v) is 14.0. The van der Waals surface area contributed by atoms with E-state index in [0.717, 1.165) is 27.8 Å². The van der Waals surface area contributed by atoms with Gasteiger partial charge in [0.05, 0.1) is 27.8 Å². The number of fused-ring (bicyclic) bond motifs is 5. The standard InChI is InChI=1S/C39H26N2/c1-3-11-27(12-4-1)32-23-33(28-13-5-2-6-14-28)25-34(24-32)29-19-21-30(22-20-29)39-38-26-31-15-7-9-17-36(31)41(38)37-18-10-8-16-35(37)40-39/h1-26H. The fourth-order valence-corrected chi connectivity index (χ4v) is 5.94. The van der Waals surface area contributed by atoms with Crippen LogP contribution in [0, 0.1) is 0 Å². The average Bonchev–Trinajstić information content (AvgIpc) is 3.45. The van der Waals surface area contributed by atoms with Gasteiger partial charge in [0.1, 0.15) is 0 Å². The Morgan fingerprint density at radius 1 is 0.341 bits per heavy atom. The lowest BCUT2D eigenvalue weighted by Crippen LogP contribution is -1.95. The minimum absolute atomic E-state index is 0.989. The van der Waals surface area contributed by atoms with Gasteiger partial charge in [-0.3, -0.25) is 0 Å². The molecule has 2 heterocycles. The molecule has 8 rings (SSSR count). The van der Waals surface area contributed by atoms with Crippen LogP contribution in [-0.2, 0) is 0 Å². The van der Waals surface area contributed by atoms with E-state index in [1.54, 1.807) is 0 Å². The van der Waals surface area contributed by atoms with Gasteiger partial charge < -0.3 is 4.40 Å². The van der Waals surface area contributed by atoms with Gasteiger partial charge in [0.15, 0.2) is 0 Å². The number of para-hydroxylation sites is 3. The second-order valence-corrected chi connectivity index (χ2v) is 10.5. The van der Waals surface area contributed by atoms with Gasteiger partial charge in [-0.05, 0) is 75.8 Å². The van der Waals surface area contributed by atoms with Crippen LogP contribution in [0.1, 0.15) is 0 Å². The monoisotopic (exact) mass is 522 g/mol. The number of rotatable bonds is 4. The van der Waals surface area contributed by atoms with Crippen LogP contribution in [0.4, 0.5) is 0 Å². The first-order chi connectivity index (χ1) is 20.3. The predicted octanol–water partition coefficient (Wildman–Crippen LogP) is 10.3. The van der Waals surface area contributed by atoms with Gasteiger partial charge in [0.25, 0.3) is 0 Å². The van der Waals surface area contributed by atoms with E-state index in [1.165, 1.54) is 44.3 Å². The Morgan fingerprint density at radius 2 is 0.829 bits per heavy atom. The van der Waals surface area contributed by atoms with Crippen molar-refractivity contribution in [1.82, 2.24) is 9.38 Å². The zero-order valence-electron chi connectivity index (χ0n) is 22.4. The largest absolute Gasteiger partial charge is 0.306 e. The molecular formula is C39H26N2. The van der Waals surface area contributed by atoms with Crippen molar-refractivity contribution in [3.05, 3.63) is 158 Å². The lowest BCUT2D eigenvalue weighted by atomic mass is 9.93. The fraction of sp³-hybridized carbons (Fsp3) is 0.